The average molecular weight is 347 g/mol. The molecule has 6 heteroatoms. The molecule has 0 N–H and O–H groups in total. The van der Waals surface area contributed by atoms with E-state index in [1.165, 1.54) is 11.1 Å². The topological polar surface area (TPSA) is 39.7 Å². The zero-order valence-electron chi connectivity index (χ0n) is 14.7. The molecule has 2 aromatic rings. The number of nitrogens with zero attached hydrogens (tertiary/aromatic N) is 4. The summed E-state index contributed by atoms with van der Waals surface area (Å²) in [7, 11) is 6.16. The normalized spacial score (nSPS) is 18.6. The molecule has 24 heavy (non-hydrogen) atoms. The van der Waals surface area contributed by atoms with Gasteiger partial charge in [0.1, 0.15) is 5.01 Å². The number of hydrogen-bond donors (Lipinski definition) is 0. The van der Waals surface area contributed by atoms with Crippen molar-refractivity contribution in [2.75, 3.05) is 40.8 Å². The van der Waals surface area contributed by atoms with Crippen molar-refractivity contribution in [3.05, 3.63) is 29.3 Å². The van der Waals surface area contributed by atoms with Gasteiger partial charge in [0, 0.05) is 32.6 Å². The molecule has 0 bridgehead atoms. The molecule has 0 spiro atoms. The number of carbonyl (C=O) groups is 1. The van der Waals surface area contributed by atoms with Crippen LogP contribution < -0.4 is 0 Å². The van der Waals surface area contributed by atoms with E-state index in [0.29, 0.717) is 19.0 Å². The fourth-order valence-corrected chi connectivity index (χ4v) is 4.22. The van der Waals surface area contributed by atoms with Gasteiger partial charge in [-0.15, -0.1) is 11.3 Å². The van der Waals surface area contributed by atoms with Crippen LogP contribution in [-0.2, 0) is 11.3 Å². The molecular weight excluding hydrogens is 320 g/mol. The molecule has 3 rings (SSSR count). The SMILES string of the molecule is CN1CC[C@H](N(C)CCC(=O)N(C)Cc2nc3ccccc3s2)C1. The molecule has 130 valence electrons. The largest absolute Gasteiger partial charge is 0.339 e. The molecule has 0 radical (unpaired) electrons. The van der Waals surface area contributed by atoms with E-state index in [4.69, 9.17) is 0 Å². The summed E-state index contributed by atoms with van der Waals surface area (Å²) in [6.07, 6.45) is 1.76. The first kappa shape index (κ1) is 17.3. The van der Waals surface area contributed by atoms with E-state index >= 15 is 0 Å². The van der Waals surface area contributed by atoms with Crippen molar-refractivity contribution in [2.45, 2.75) is 25.4 Å². The summed E-state index contributed by atoms with van der Waals surface area (Å²) in [5, 5.41) is 0.998. The van der Waals surface area contributed by atoms with Gasteiger partial charge in [0.2, 0.25) is 5.91 Å². The Balaban J connectivity index is 1.49. The third-order valence-electron chi connectivity index (χ3n) is 4.80. The lowest BCUT2D eigenvalue weighted by Gasteiger charge is -2.25. The molecule has 0 aliphatic carbocycles. The van der Waals surface area contributed by atoms with Crippen molar-refractivity contribution in [3.8, 4) is 0 Å². The summed E-state index contributed by atoms with van der Waals surface area (Å²) in [5.41, 5.74) is 1.02. The first-order valence-electron chi connectivity index (χ1n) is 8.50. The fraction of sp³-hybridized carbons (Fsp3) is 0.556. The maximum absolute atomic E-state index is 12.4. The lowest BCUT2D eigenvalue weighted by Crippen LogP contribution is -2.37. The van der Waals surface area contributed by atoms with Crippen LogP contribution in [0.4, 0.5) is 0 Å². The number of amides is 1. The number of aromatic nitrogens is 1. The van der Waals surface area contributed by atoms with Crippen LogP contribution in [0.3, 0.4) is 0 Å². The first-order chi connectivity index (χ1) is 11.5. The Bertz CT molecular complexity index is 668. The van der Waals surface area contributed by atoms with Gasteiger partial charge >= 0.3 is 0 Å². The van der Waals surface area contributed by atoms with Crippen LogP contribution in [0.1, 0.15) is 17.8 Å². The van der Waals surface area contributed by atoms with Gasteiger partial charge in [-0.3, -0.25) is 4.79 Å². The third-order valence-corrected chi connectivity index (χ3v) is 5.83. The van der Waals surface area contributed by atoms with Crippen LogP contribution in [0, 0.1) is 0 Å². The van der Waals surface area contributed by atoms with Gasteiger partial charge in [-0.2, -0.15) is 0 Å². The Morgan fingerprint density at radius 1 is 1.38 bits per heavy atom. The van der Waals surface area contributed by atoms with Gasteiger partial charge in [0.05, 0.1) is 16.8 Å². The van der Waals surface area contributed by atoms with E-state index in [1.54, 1.807) is 16.2 Å². The maximum atomic E-state index is 12.4. The molecule has 1 aromatic carbocycles. The Kier molecular flexibility index (Phi) is 5.48. The standard InChI is InChI=1S/C18H26N4OS/c1-20-10-8-14(12-20)21(2)11-9-18(23)22(3)13-17-19-15-6-4-5-7-16(15)24-17/h4-7,14H,8-13H2,1-3H3/t14-/m0/s1. The van der Waals surface area contributed by atoms with Crippen molar-refractivity contribution in [2.24, 2.45) is 0 Å². The monoisotopic (exact) mass is 346 g/mol. The van der Waals surface area contributed by atoms with Gasteiger partial charge < -0.3 is 14.7 Å². The highest BCUT2D eigenvalue weighted by Crippen LogP contribution is 2.22. The molecule has 2 heterocycles. The molecule has 1 amide bonds. The molecular formula is C18H26N4OS. The predicted molar refractivity (Wildman–Crippen MR) is 99.2 cm³/mol. The smallest absolute Gasteiger partial charge is 0.223 e. The number of likely N-dealkylation sites (N-methyl/N-ethyl adjacent to an activating group) is 2. The van der Waals surface area contributed by atoms with Crippen LogP contribution in [-0.4, -0.2) is 72.4 Å². The zero-order chi connectivity index (χ0) is 17.1. The highest BCUT2D eigenvalue weighted by Gasteiger charge is 2.23. The number of likely N-dealkylation sites (tertiary alicyclic amines) is 1. The van der Waals surface area contributed by atoms with E-state index in [9.17, 15) is 4.79 Å². The summed E-state index contributed by atoms with van der Waals surface area (Å²) in [6.45, 7) is 3.67. The number of thiazole rings is 1. The summed E-state index contributed by atoms with van der Waals surface area (Å²) >= 11 is 1.67. The summed E-state index contributed by atoms with van der Waals surface area (Å²) in [5.74, 6) is 0.187. The second kappa shape index (κ2) is 7.59. The molecule has 5 nitrogen and oxygen atoms in total. The van der Waals surface area contributed by atoms with Crippen LogP contribution in [0.15, 0.2) is 24.3 Å². The molecule has 1 atom stereocenters. The van der Waals surface area contributed by atoms with Gasteiger partial charge in [-0.25, -0.2) is 4.98 Å². The minimum absolute atomic E-state index is 0.187. The van der Waals surface area contributed by atoms with E-state index in [0.717, 1.165) is 30.2 Å². The number of rotatable bonds is 6. The number of para-hydroxylation sites is 1. The van der Waals surface area contributed by atoms with E-state index in [2.05, 4.69) is 34.9 Å². The third kappa shape index (κ3) is 4.12. The quantitative estimate of drug-likeness (QED) is 0.804. The molecule has 1 aromatic heterocycles. The molecule has 1 aliphatic rings. The Morgan fingerprint density at radius 2 is 2.17 bits per heavy atom. The van der Waals surface area contributed by atoms with E-state index in [-0.39, 0.29) is 5.91 Å². The predicted octanol–water partition coefficient (Wildman–Crippen LogP) is 2.28. The van der Waals surface area contributed by atoms with Crippen molar-refractivity contribution >= 4 is 27.5 Å². The fourth-order valence-electron chi connectivity index (χ4n) is 3.20. The number of benzene rings is 1. The van der Waals surface area contributed by atoms with Gasteiger partial charge in [0.25, 0.3) is 0 Å². The molecule has 0 saturated carbocycles. The van der Waals surface area contributed by atoms with E-state index in [1.807, 2.05) is 25.2 Å². The van der Waals surface area contributed by atoms with E-state index < -0.39 is 0 Å². The summed E-state index contributed by atoms with van der Waals surface area (Å²) in [4.78, 5) is 23.5. The lowest BCUT2D eigenvalue weighted by atomic mass is 10.2. The van der Waals surface area contributed by atoms with Crippen molar-refractivity contribution in [1.29, 1.82) is 0 Å². The van der Waals surface area contributed by atoms with Crippen LogP contribution in [0.2, 0.25) is 0 Å². The van der Waals surface area contributed by atoms with Gasteiger partial charge in [0.15, 0.2) is 0 Å². The summed E-state index contributed by atoms with van der Waals surface area (Å²) < 4.78 is 1.18. The second-order valence-corrected chi connectivity index (χ2v) is 7.88. The molecule has 1 fully saturated rings. The van der Waals surface area contributed by atoms with Crippen molar-refractivity contribution in [3.63, 3.8) is 0 Å². The Hall–Kier alpha value is -1.50. The van der Waals surface area contributed by atoms with Crippen molar-refractivity contribution in [1.82, 2.24) is 19.7 Å². The molecule has 1 aliphatic heterocycles. The zero-order valence-corrected chi connectivity index (χ0v) is 15.6. The highest BCUT2D eigenvalue weighted by atomic mass is 32.1. The molecule has 1 saturated heterocycles. The number of fused-ring (bicyclic) bond motifs is 1. The number of carbonyl (C=O) groups excluding carboxylic acids is 1. The maximum Gasteiger partial charge on any atom is 0.223 e. The van der Waals surface area contributed by atoms with Crippen LogP contribution >= 0.6 is 11.3 Å². The molecule has 0 unspecified atom stereocenters. The van der Waals surface area contributed by atoms with Crippen LogP contribution in [0.5, 0.6) is 0 Å². The first-order valence-corrected chi connectivity index (χ1v) is 9.32. The second-order valence-electron chi connectivity index (χ2n) is 6.76. The minimum Gasteiger partial charge on any atom is -0.339 e. The van der Waals surface area contributed by atoms with Crippen LogP contribution in [0.25, 0.3) is 10.2 Å². The lowest BCUT2D eigenvalue weighted by molar-refractivity contribution is -0.130. The highest BCUT2D eigenvalue weighted by molar-refractivity contribution is 7.18. The average Bonchev–Trinajstić information content (AvgIpc) is 3.17. The van der Waals surface area contributed by atoms with Gasteiger partial charge in [-0.1, -0.05) is 12.1 Å². The number of hydrogen-bond acceptors (Lipinski definition) is 5. The Morgan fingerprint density at radius 3 is 2.88 bits per heavy atom. The van der Waals surface area contributed by atoms with Crippen molar-refractivity contribution < 1.29 is 4.79 Å². The summed E-state index contributed by atoms with van der Waals surface area (Å²) in [6, 6.07) is 8.70. The van der Waals surface area contributed by atoms with Gasteiger partial charge in [-0.05, 0) is 39.2 Å². The Labute approximate surface area is 147 Å². The minimum atomic E-state index is 0.187.